The van der Waals surface area contributed by atoms with Crippen LogP contribution in [0.2, 0.25) is 0 Å². The number of ketones is 1. The molecule has 6 heteroatoms. The second-order valence-electron chi connectivity index (χ2n) is 10.7. The second-order valence-corrected chi connectivity index (χ2v) is 10.7. The summed E-state index contributed by atoms with van der Waals surface area (Å²) in [6.45, 7) is -0.405. The van der Waals surface area contributed by atoms with Crippen molar-refractivity contribution in [3.63, 3.8) is 0 Å². The van der Waals surface area contributed by atoms with Crippen molar-refractivity contribution >= 4 is 29.3 Å². The summed E-state index contributed by atoms with van der Waals surface area (Å²) in [7, 11) is 0. The lowest BCUT2D eigenvalue weighted by Gasteiger charge is -2.37. The van der Waals surface area contributed by atoms with Crippen LogP contribution in [0.3, 0.4) is 0 Å². The van der Waals surface area contributed by atoms with E-state index in [0.717, 1.165) is 17.5 Å². The maximum atomic E-state index is 13.4. The average molecular weight is 504 g/mol. The van der Waals surface area contributed by atoms with Gasteiger partial charge in [-0.05, 0) is 59.4 Å². The molecule has 8 rings (SSSR count). The van der Waals surface area contributed by atoms with Crippen molar-refractivity contribution in [1.82, 2.24) is 0 Å². The number of ether oxygens (including phenoxy) is 1. The van der Waals surface area contributed by atoms with Gasteiger partial charge in [-0.1, -0.05) is 72.8 Å². The Hall–Kier alpha value is -4.32. The molecular weight excluding hydrogens is 478 g/mol. The summed E-state index contributed by atoms with van der Waals surface area (Å²) < 4.78 is 5.30. The zero-order valence-corrected chi connectivity index (χ0v) is 20.5. The van der Waals surface area contributed by atoms with E-state index in [4.69, 9.17) is 4.74 Å². The van der Waals surface area contributed by atoms with Gasteiger partial charge in [-0.25, -0.2) is 9.69 Å². The number of hydrogen-bond donors (Lipinski definition) is 0. The van der Waals surface area contributed by atoms with Crippen molar-refractivity contribution in [3.8, 4) is 11.1 Å². The van der Waals surface area contributed by atoms with Crippen LogP contribution in [0.1, 0.15) is 27.1 Å². The predicted octanol–water partition coefficient (Wildman–Crippen LogP) is 4.95. The molecule has 0 N–H and O–H groups in total. The molecule has 1 heterocycles. The number of anilines is 1. The minimum Gasteiger partial charge on any atom is -0.454 e. The third-order valence-electron chi connectivity index (χ3n) is 8.65. The Kier molecular flexibility index (Phi) is 5.18. The van der Waals surface area contributed by atoms with Gasteiger partial charge in [0.25, 0.3) is 0 Å². The summed E-state index contributed by atoms with van der Waals surface area (Å²) in [5.74, 6) is -0.633. The quantitative estimate of drug-likeness (QED) is 0.206. The highest BCUT2D eigenvalue weighted by atomic mass is 16.5. The third kappa shape index (κ3) is 3.55. The number of rotatable bonds is 6. The first-order valence-corrected chi connectivity index (χ1v) is 13.0. The number of Topliss-reactive ketones (excluding diaryl/α,β-unsaturated/α-hetero) is 1. The summed E-state index contributed by atoms with van der Waals surface area (Å²) in [4.78, 5) is 53.5. The molecule has 188 valence electrons. The van der Waals surface area contributed by atoms with Gasteiger partial charge in [0, 0.05) is 5.56 Å². The normalized spacial score (nSPS) is 28.2. The molecule has 1 saturated heterocycles. The van der Waals surface area contributed by atoms with Gasteiger partial charge >= 0.3 is 5.97 Å². The van der Waals surface area contributed by atoms with Crippen LogP contribution in [-0.2, 0) is 14.3 Å². The summed E-state index contributed by atoms with van der Waals surface area (Å²) in [6, 6.07) is 23.4. The van der Waals surface area contributed by atoms with Crippen molar-refractivity contribution in [3.05, 3.63) is 102 Å². The number of benzene rings is 3. The van der Waals surface area contributed by atoms with Gasteiger partial charge < -0.3 is 4.74 Å². The molecule has 2 saturated carbocycles. The maximum absolute atomic E-state index is 13.4. The Bertz CT molecular complexity index is 1470. The average Bonchev–Trinajstić information content (AvgIpc) is 3.74. The molecule has 0 radical (unpaired) electrons. The van der Waals surface area contributed by atoms with Gasteiger partial charge in [0.1, 0.15) is 0 Å². The van der Waals surface area contributed by atoms with Gasteiger partial charge in [-0.3, -0.25) is 14.4 Å². The number of allylic oxidation sites excluding steroid dienone is 2. The first-order chi connectivity index (χ1) is 18.5. The number of carbonyl (C=O) groups is 4. The van der Waals surface area contributed by atoms with E-state index in [-0.39, 0.29) is 46.8 Å². The van der Waals surface area contributed by atoms with Gasteiger partial charge in [-0.15, -0.1) is 0 Å². The highest BCUT2D eigenvalue weighted by molar-refractivity contribution is 6.23. The first-order valence-electron chi connectivity index (χ1n) is 13.0. The Morgan fingerprint density at radius 3 is 2.03 bits per heavy atom. The van der Waals surface area contributed by atoms with Gasteiger partial charge in [0.2, 0.25) is 11.8 Å². The van der Waals surface area contributed by atoms with Crippen LogP contribution < -0.4 is 4.90 Å². The van der Waals surface area contributed by atoms with Crippen LogP contribution in [0.5, 0.6) is 0 Å². The molecule has 38 heavy (non-hydrogen) atoms. The molecule has 1 aliphatic heterocycles. The Morgan fingerprint density at radius 2 is 1.37 bits per heavy atom. The van der Waals surface area contributed by atoms with E-state index < -0.39 is 12.6 Å². The Labute approximate surface area is 219 Å². The topological polar surface area (TPSA) is 80.8 Å². The Balaban J connectivity index is 1.03. The molecule has 3 aromatic rings. The van der Waals surface area contributed by atoms with E-state index in [1.54, 1.807) is 30.3 Å². The molecule has 2 amide bonds. The second kappa shape index (κ2) is 8.62. The lowest BCUT2D eigenvalue weighted by Crippen LogP contribution is -2.40. The van der Waals surface area contributed by atoms with Crippen LogP contribution in [-0.4, -0.2) is 30.2 Å². The van der Waals surface area contributed by atoms with Crippen molar-refractivity contribution in [1.29, 1.82) is 0 Å². The minimum absolute atomic E-state index is 0.136. The number of nitrogens with zero attached hydrogens (tertiary/aromatic N) is 1. The molecule has 4 aliphatic carbocycles. The number of amides is 2. The molecule has 0 aromatic heterocycles. The standard InChI is InChI=1S/C32H25NO5/c34-27(20-11-9-19(10-12-20)18-5-2-1-3-6-18)17-38-32(37)21-7-4-8-22(15-21)33-30(35)28-23-13-14-24(26-16-25(23)26)29(28)31(33)36/h1-15,23-26,28-29H,16-17H2/t23-,24-,25-,26-,28+,29+/m0/s1. The van der Waals surface area contributed by atoms with E-state index in [2.05, 4.69) is 12.2 Å². The SMILES string of the molecule is O=C(COC(=O)c1cccc(N2C(=O)[C@@H]3[C@H]4C=C[C@@H]([C@@H]5C[C@@H]45)[C@H]3C2=O)c1)c1ccc(-c2ccccc2)cc1. The van der Waals surface area contributed by atoms with E-state index in [1.807, 2.05) is 42.5 Å². The molecule has 5 aliphatic rings. The first kappa shape index (κ1) is 22.8. The zero-order valence-electron chi connectivity index (χ0n) is 20.5. The minimum atomic E-state index is -0.680. The summed E-state index contributed by atoms with van der Waals surface area (Å²) in [5.41, 5.74) is 3.05. The Morgan fingerprint density at radius 1 is 0.737 bits per heavy atom. The molecule has 0 spiro atoms. The molecule has 2 bridgehead atoms. The van der Waals surface area contributed by atoms with E-state index in [1.165, 1.54) is 11.0 Å². The van der Waals surface area contributed by atoms with Crippen LogP contribution >= 0.6 is 0 Å². The number of esters is 1. The van der Waals surface area contributed by atoms with E-state index in [9.17, 15) is 19.2 Å². The molecule has 6 atom stereocenters. The molecule has 3 fully saturated rings. The summed E-state index contributed by atoms with van der Waals surface area (Å²) in [6.07, 6.45) is 5.37. The van der Waals surface area contributed by atoms with E-state index >= 15 is 0 Å². The number of hydrogen-bond acceptors (Lipinski definition) is 5. The maximum Gasteiger partial charge on any atom is 0.338 e. The van der Waals surface area contributed by atoms with Crippen molar-refractivity contribution in [2.45, 2.75) is 6.42 Å². The van der Waals surface area contributed by atoms with Crippen LogP contribution in [0.25, 0.3) is 11.1 Å². The third-order valence-corrected chi connectivity index (χ3v) is 8.65. The van der Waals surface area contributed by atoms with Gasteiger partial charge in [0.05, 0.1) is 23.1 Å². The zero-order chi connectivity index (χ0) is 26.0. The van der Waals surface area contributed by atoms with Crippen molar-refractivity contribution in [2.24, 2.45) is 35.5 Å². The molecule has 6 nitrogen and oxygen atoms in total. The predicted molar refractivity (Wildman–Crippen MR) is 140 cm³/mol. The van der Waals surface area contributed by atoms with Crippen molar-refractivity contribution < 1.29 is 23.9 Å². The highest BCUT2D eigenvalue weighted by Crippen LogP contribution is 2.65. The van der Waals surface area contributed by atoms with Crippen LogP contribution in [0.4, 0.5) is 5.69 Å². The lowest BCUT2D eigenvalue weighted by atomic mass is 9.63. The number of carbonyl (C=O) groups excluding carboxylic acids is 4. The monoisotopic (exact) mass is 503 g/mol. The fourth-order valence-electron chi connectivity index (χ4n) is 6.76. The van der Waals surface area contributed by atoms with Crippen LogP contribution in [0.15, 0.2) is 91.0 Å². The molecule has 0 unspecified atom stereocenters. The summed E-state index contributed by atoms with van der Waals surface area (Å²) >= 11 is 0. The molecular formula is C32H25NO5. The summed E-state index contributed by atoms with van der Waals surface area (Å²) in [5, 5.41) is 0. The largest absolute Gasteiger partial charge is 0.454 e. The highest BCUT2D eigenvalue weighted by Gasteiger charge is 2.67. The smallest absolute Gasteiger partial charge is 0.338 e. The van der Waals surface area contributed by atoms with Gasteiger partial charge in [-0.2, -0.15) is 0 Å². The fourth-order valence-corrected chi connectivity index (χ4v) is 6.76. The van der Waals surface area contributed by atoms with E-state index in [0.29, 0.717) is 23.1 Å². The lowest BCUT2D eigenvalue weighted by molar-refractivity contribution is -0.124. The molecule has 3 aromatic carbocycles. The van der Waals surface area contributed by atoms with Crippen LogP contribution in [0, 0.1) is 35.5 Å². The number of imide groups is 1. The van der Waals surface area contributed by atoms with Gasteiger partial charge in [0.15, 0.2) is 12.4 Å². The van der Waals surface area contributed by atoms with Crippen molar-refractivity contribution in [2.75, 3.05) is 11.5 Å². The fraction of sp³-hybridized carbons (Fsp3) is 0.250.